The summed E-state index contributed by atoms with van der Waals surface area (Å²) < 4.78 is 13.3. The summed E-state index contributed by atoms with van der Waals surface area (Å²) >= 11 is 0. The van der Waals surface area contributed by atoms with Gasteiger partial charge in [0, 0.05) is 23.9 Å². The maximum absolute atomic E-state index is 13.3. The predicted octanol–water partition coefficient (Wildman–Crippen LogP) is 2.06. The molecular formula is C12H16FN3O3. The van der Waals surface area contributed by atoms with E-state index in [1.165, 1.54) is 6.07 Å². The molecule has 0 heterocycles. The van der Waals surface area contributed by atoms with Crippen LogP contribution >= 0.6 is 0 Å². The molecule has 0 aliphatic carbocycles. The zero-order valence-electron chi connectivity index (χ0n) is 10.8. The molecule has 19 heavy (non-hydrogen) atoms. The van der Waals surface area contributed by atoms with Crippen LogP contribution in [0.3, 0.4) is 0 Å². The molecule has 1 rings (SSSR count). The monoisotopic (exact) mass is 269 g/mol. The lowest BCUT2D eigenvalue weighted by molar-refractivity contribution is -0.387. The Labute approximate surface area is 110 Å². The van der Waals surface area contributed by atoms with Crippen LogP contribution in [0.25, 0.3) is 0 Å². The summed E-state index contributed by atoms with van der Waals surface area (Å²) in [4.78, 5) is 21.2. The summed E-state index contributed by atoms with van der Waals surface area (Å²) in [5, 5.41) is 15.9. The van der Waals surface area contributed by atoms with E-state index < -0.39 is 16.4 Å². The van der Waals surface area contributed by atoms with Gasteiger partial charge in [0.25, 0.3) is 0 Å². The molecule has 0 saturated carbocycles. The lowest BCUT2D eigenvalue weighted by atomic mass is 10.2. The topological polar surface area (TPSA) is 84.3 Å². The fourth-order valence-corrected chi connectivity index (χ4v) is 1.35. The quantitative estimate of drug-likeness (QED) is 0.611. The Morgan fingerprint density at radius 2 is 2.21 bits per heavy atom. The van der Waals surface area contributed by atoms with Crippen molar-refractivity contribution in [3.63, 3.8) is 0 Å². The molecule has 1 atom stereocenters. The van der Waals surface area contributed by atoms with Crippen LogP contribution in [0.2, 0.25) is 0 Å². The number of nitrogens with zero attached hydrogens (tertiary/aromatic N) is 1. The van der Waals surface area contributed by atoms with Gasteiger partial charge >= 0.3 is 5.69 Å². The van der Waals surface area contributed by atoms with Crippen LogP contribution in [0, 0.1) is 15.9 Å². The van der Waals surface area contributed by atoms with Gasteiger partial charge in [-0.2, -0.15) is 4.39 Å². The molecule has 0 saturated heterocycles. The Kier molecular flexibility index (Phi) is 5.37. The number of nitrogens with one attached hydrogen (secondary N) is 2. The van der Waals surface area contributed by atoms with E-state index in [0.29, 0.717) is 0 Å². The Hall–Kier alpha value is -2.02. The normalized spacial score (nSPS) is 11.9. The van der Waals surface area contributed by atoms with E-state index in [2.05, 4.69) is 10.6 Å². The van der Waals surface area contributed by atoms with Gasteiger partial charge in [-0.05, 0) is 19.4 Å². The summed E-state index contributed by atoms with van der Waals surface area (Å²) in [6.07, 6.45) is 0.888. The maximum atomic E-state index is 13.3. The van der Waals surface area contributed by atoms with Gasteiger partial charge in [0.2, 0.25) is 11.7 Å². The second-order valence-corrected chi connectivity index (χ2v) is 4.16. The van der Waals surface area contributed by atoms with Gasteiger partial charge in [-0.3, -0.25) is 14.9 Å². The zero-order chi connectivity index (χ0) is 14.4. The highest BCUT2D eigenvalue weighted by atomic mass is 19.1. The van der Waals surface area contributed by atoms with Gasteiger partial charge in [-0.15, -0.1) is 0 Å². The third-order valence-electron chi connectivity index (χ3n) is 2.65. The summed E-state index contributed by atoms with van der Waals surface area (Å²) in [7, 11) is 0. The van der Waals surface area contributed by atoms with Gasteiger partial charge in [-0.1, -0.05) is 6.92 Å². The van der Waals surface area contributed by atoms with Crippen molar-refractivity contribution < 1.29 is 14.1 Å². The van der Waals surface area contributed by atoms with Crippen LogP contribution in [0.15, 0.2) is 18.2 Å². The zero-order valence-corrected chi connectivity index (χ0v) is 10.8. The Morgan fingerprint density at radius 1 is 1.53 bits per heavy atom. The molecule has 0 bridgehead atoms. The molecule has 7 heteroatoms. The van der Waals surface area contributed by atoms with Crippen LogP contribution < -0.4 is 10.6 Å². The number of rotatable bonds is 6. The Bertz CT molecular complexity index is 479. The average molecular weight is 269 g/mol. The molecule has 1 aromatic carbocycles. The molecule has 0 radical (unpaired) electrons. The minimum absolute atomic E-state index is 0.105. The van der Waals surface area contributed by atoms with Crippen molar-refractivity contribution in [2.45, 2.75) is 26.3 Å². The standard InChI is InChI=1S/C12H16FN3O3/c1-3-8(2)14-7-12(17)15-9-4-5-11(16(18)19)10(13)6-9/h4-6,8,14H,3,7H2,1-2H3,(H,15,17). The lowest BCUT2D eigenvalue weighted by Gasteiger charge is -2.11. The van der Waals surface area contributed by atoms with Gasteiger partial charge in [0.1, 0.15) is 0 Å². The highest BCUT2D eigenvalue weighted by Gasteiger charge is 2.14. The molecule has 0 aromatic heterocycles. The summed E-state index contributed by atoms with van der Waals surface area (Å²) in [6, 6.07) is 3.45. The number of carbonyl (C=O) groups excluding carboxylic acids is 1. The fraction of sp³-hybridized carbons (Fsp3) is 0.417. The molecule has 1 amide bonds. The number of amides is 1. The molecule has 1 unspecified atom stereocenters. The number of anilines is 1. The van der Waals surface area contributed by atoms with Crippen LogP contribution in [-0.4, -0.2) is 23.4 Å². The minimum Gasteiger partial charge on any atom is -0.325 e. The maximum Gasteiger partial charge on any atom is 0.304 e. The van der Waals surface area contributed by atoms with E-state index >= 15 is 0 Å². The first-order valence-corrected chi connectivity index (χ1v) is 5.91. The molecular weight excluding hydrogens is 253 g/mol. The van der Waals surface area contributed by atoms with E-state index in [0.717, 1.165) is 18.6 Å². The molecule has 0 fully saturated rings. The first-order chi connectivity index (χ1) is 8.93. The predicted molar refractivity (Wildman–Crippen MR) is 69.4 cm³/mol. The second kappa shape index (κ2) is 6.79. The van der Waals surface area contributed by atoms with E-state index in [9.17, 15) is 19.3 Å². The highest BCUT2D eigenvalue weighted by Crippen LogP contribution is 2.20. The lowest BCUT2D eigenvalue weighted by Crippen LogP contribution is -2.33. The van der Waals surface area contributed by atoms with Crippen LogP contribution in [0.1, 0.15) is 20.3 Å². The van der Waals surface area contributed by atoms with Crippen molar-refractivity contribution in [3.8, 4) is 0 Å². The first kappa shape index (κ1) is 15.0. The number of nitro benzene ring substituents is 1. The van der Waals surface area contributed by atoms with Crippen molar-refractivity contribution >= 4 is 17.3 Å². The van der Waals surface area contributed by atoms with Crippen molar-refractivity contribution in [2.75, 3.05) is 11.9 Å². The second-order valence-electron chi connectivity index (χ2n) is 4.16. The molecule has 2 N–H and O–H groups in total. The third-order valence-corrected chi connectivity index (χ3v) is 2.65. The molecule has 0 aliphatic heterocycles. The van der Waals surface area contributed by atoms with E-state index in [4.69, 9.17) is 0 Å². The number of nitro groups is 1. The van der Waals surface area contributed by atoms with Gasteiger partial charge < -0.3 is 10.6 Å². The van der Waals surface area contributed by atoms with Gasteiger partial charge in [0.15, 0.2) is 0 Å². The van der Waals surface area contributed by atoms with Crippen LogP contribution in [0.5, 0.6) is 0 Å². The summed E-state index contributed by atoms with van der Waals surface area (Å²) in [5.41, 5.74) is -0.421. The van der Waals surface area contributed by atoms with E-state index in [1.807, 2.05) is 13.8 Å². The smallest absolute Gasteiger partial charge is 0.304 e. The summed E-state index contributed by atoms with van der Waals surface area (Å²) in [5.74, 6) is -1.30. The third kappa shape index (κ3) is 4.63. The van der Waals surface area contributed by atoms with Gasteiger partial charge in [-0.25, -0.2) is 0 Å². The SMILES string of the molecule is CCC(C)NCC(=O)Nc1ccc([N+](=O)[O-])c(F)c1. The largest absolute Gasteiger partial charge is 0.325 e. The van der Waals surface area contributed by atoms with Crippen molar-refractivity contribution in [1.29, 1.82) is 0 Å². The first-order valence-electron chi connectivity index (χ1n) is 5.91. The van der Waals surface area contributed by atoms with Gasteiger partial charge in [0.05, 0.1) is 11.5 Å². The van der Waals surface area contributed by atoms with E-state index in [1.54, 1.807) is 0 Å². The summed E-state index contributed by atoms with van der Waals surface area (Å²) in [6.45, 7) is 4.04. The molecule has 0 spiro atoms. The minimum atomic E-state index is -0.974. The molecule has 1 aromatic rings. The number of benzene rings is 1. The Morgan fingerprint density at radius 3 is 2.74 bits per heavy atom. The fourth-order valence-electron chi connectivity index (χ4n) is 1.35. The van der Waals surface area contributed by atoms with Crippen molar-refractivity contribution in [3.05, 3.63) is 34.1 Å². The average Bonchev–Trinajstić information content (AvgIpc) is 2.35. The molecule has 0 aliphatic rings. The highest BCUT2D eigenvalue weighted by molar-refractivity contribution is 5.92. The van der Waals surface area contributed by atoms with Crippen LogP contribution in [-0.2, 0) is 4.79 Å². The molecule has 6 nitrogen and oxygen atoms in total. The van der Waals surface area contributed by atoms with Crippen molar-refractivity contribution in [2.24, 2.45) is 0 Å². The van der Waals surface area contributed by atoms with E-state index in [-0.39, 0.29) is 24.2 Å². The number of carbonyl (C=O) groups is 1. The van der Waals surface area contributed by atoms with Crippen molar-refractivity contribution in [1.82, 2.24) is 5.32 Å². The Balaban J connectivity index is 2.60. The number of halogens is 1. The van der Waals surface area contributed by atoms with Crippen LogP contribution in [0.4, 0.5) is 15.8 Å². The number of hydrogen-bond acceptors (Lipinski definition) is 4. The number of hydrogen-bond donors (Lipinski definition) is 2. The molecule has 104 valence electrons.